The molecule has 1 aliphatic heterocycles. The van der Waals surface area contributed by atoms with Crippen LogP contribution in [0.5, 0.6) is 0 Å². The van der Waals surface area contributed by atoms with Gasteiger partial charge in [-0.3, -0.25) is 9.69 Å². The van der Waals surface area contributed by atoms with Gasteiger partial charge in [-0.15, -0.1) is 0 Å². The standard InChI is InChI=1S/C8H13N2O2/c1-5-10-6(11)8(2,3)9(4)7(10)12/h5H,1-4H3. The monoisotopic (exact) mass is 169 g/mol. The predicted molar refractivity (Wildman–Crippen MR) is 44.1 cm³/mol. The lowest BCUT2D eigenvalue weighted by Gasteiger charge is -2.22. The molecule has 1 heterocycles. The average Bonchev–Trinajstić information content (AvgIpc) is 2.15. The first kappa shape index (κ1) is 9.03. The van der Waals surface area contributed by atoms with Crippen LogP contribution in [0.3, 0.4) is 0 Å². The normalized spacial score (nSPS) is 22.3. The van der Waals surface area contributed by atoms with E-state index in [2.05, 4.69) is 0 Å². The highest BCUT2D eigenvalue weighted by molar-refractivity contribution is 6.06. The molecule has 0 saturated carbocycles. The molecule has 12 heavy (non-hydrogen) atoms. The van der Waals surface area contributed by atoms with Crippen molar-refractivity contribution < 1.29 is 9.59 Å². The van der Waals surface area contributed by atoms with Gasteiger partial charge in [0, 0.05) is 7.05 Å². The minimum Gasteiger partial charge on any atom is -0.313 e. The largest absolute Gasteiger partial charge is 0.327 e. The van der Waals surface area contributed by atoms with E-state index in [0.29, 0.717) is 0 Å². The van der Waals surface area contributed by atoms with E-state index in [9.17, 15) is 9.59 Å². The van der Waals surface area contributed by atoms with Crippen LogP contribution in [0.2, 0.25) is 0 Å². The summed E-state index contributed by atoms with van der Waals surface area (Å²) in [6, 6.07) is -0.257. The van der Waals surface area contributed by atoms with E-state index in [-0.39, 0.29) is 11.9 Å². The Morgan fingerprint density at radius 1 is 1.33 bits per heavy atom. The third-order valence-corrected chi connectivity index (χ3v) is 2.33. The zero-order chi connectivity index (χ0) is 9.52. The highest BCUT2D eigenvalue weighted by atomic mass is 16.2. The highest BCUT2D eigenvalue weighted by Gasteiger charge is 2.48. The van der Waals surface area contributed by atoms with Crippen LogP contribution in [0.1, 0.15) is 20.8 Å². The summed E-state index contributed by atoms with van der Waals surface area (Å²) >= 11 is 0. The van der Waals surface area contributed by atoms with E-state index in [0.717, 1.165) is 4.90 Å². The van der Waals surface area contributed by atoms with E-state index in [1.54, 1.807) is 27.8 Å². The molecule has 0 aromatic rings. The molecule has 67 valence electrons. The minimum atomic E-state index is -0.705. The number of nitrogens with zero attached hydrogens (tertiary/aromatic N) is 2. The first-order valence-electron chi connectivity index (χ1n) is 3.84. The second-order valence-electron chi connectivity index (χ2n) is 3.33. The molecule has 3 amide bonds. The number of carbonyl (C=O) groups excluding carboxylic acids is 2. The van der Waals surface area contributed by atoms with Crippen molar-refractivity contribution >= 4 is 11.9 Å². The summed E-state index contributed by atoms with van der Waals surface area (Å²) in [4.78, 5) is 25.5. The fraction of sp³-hybridized carbons (Fsp3) is 0.625. The summed E-state index contributed by atoms with van der Waals surface area (Å²) in [5.41, 5.74) is -0.705. The van der Waals surface area contributed by atoms with Crippen molar-refractivity contribution in [2.45, 2.75) is 26.3 Å². The Morgan fingerprint density at radius 3 is 2.00 bits per heavy atom. The summed E-state index contributed by atoms with van der Waals surface area (Å²) in [6.07, 6.45) is 0. The summed E-state index contributed by atoms with van der Waals surface area (Å²) in [5.74, 6) is -0.169. The van der Waals surface area contributed by atoms with E-state index >= 15 is 0 Å². The smallest absolute Gasteiger partial charge is 0.313 e. The molecule has 4 nitrogen and oxygen atoms in total. The third-order valence-electron chi connectivity index (χ3n) is 2.33. The van der Waals surface area contributed by atoms with Gasteiger partial charge in [-0.2, -0.15) is 0 Å². The Labute approximate surface area is 72.1 Å². The molecule has 4 heteroatoms. The Bertz CT molecular complexity index is 235. The van der Waals surface area contributed by atoms with E-state index in [1.165, 1.54) is 11.4 Å². The third kappa shape index (κ3) is 0.906. The maximum absolute atomic E-state index is 11.5. The molecule has 0 aromatic heterocycles. The molecule has 0 aromatic carbocycles. The summed E-state index contributed by atoms with van der Waals surface area (Å²) < 4.78 is 0. The van der Waals surface area contributed by atoms with Crippen molar-refractivity contribution in [1.82, 2.24) is 9.80 Å². The Morgan fingerprint density at radius 2 is 1.83 bits per heavy atom. The minimum absolute atomic E-state index is 0.169. The lowest BCUT2D eigenvalue weighted by Crippen LogP contribution is -2.41. The Hall–Kier alpha value is -1.06. The molecule has 0 atom stereocenters. The van der Waals surface area contributed by atoms with Crippen molar-refractivity contribution in [2.75, 3.05) is 7.05 Å². The van der Waals surface area contributed by atoms with Gasteiger partial charge in [-0.05, 0) is 20.8 Å². The van der Waals surface area contributed by atoms with Crippen LogP contribution in [0.25, 0.3) is 0 Å². The summed E-state index contributed by atoms with van der Waals surface area (Å²) in [5, 5.41) is 0. The lowest BCUT2D eigenvalue weighted by atomic mass is 10.1. The SMILES string of the molecule is C[CH]N1C(=O)N(C)C(C)(C)C1=O. The Kier molecular flexibility index (Phi) is 1.86. The molecule has 0 spiro atoms. The van der Waals surface area contributed by atoms with Crippen LogP contribution in [0, 0.1) is 6.54 Å². The van der Waals surface area contributed by atoms with E-state index in [4.69, 9.17) is 0 Å². The molecule has 0 aliphatic carbocycles. The van der Waals surface area contributed by atoms with Gasteiger partial charge >= 0.3 is 6.03 Å². The number of carbonyl (C=O) groups is 2. The van der Waals surface area contributed by atoms with E-state index < -0.39 is 5.54 Å². The fourth-order valence-corrected chi connectivity index (χ4v) is 1.15. The lowest BCUT2D eigenvalue weighted by molar-refractivity contribution is -0.130. The number of amides is 3. The molecule has 1 rings (SSSR count). The maximum Gasteiger partial charge on any atom is 0.327 e. The quantitative estimate of drug-likeness (QED) is 0.546. The fourth-order valence-electron chi connectivity index (χ4n) is 1.15. The number of imide groups is 1. The molecule has 1 fully saturated rings. The van der Waals surface area contributed by atoms with Gasteiger partial charge in [0.2, 0.25) is 0 Å². The maximum atomic E-state index is 11.5. The second-order valence-corrected chi connectivity index (χ2v) is 3.33. The molecule has 1 radical (unpaired) electrons. The van der Waals surface area contributed by atoms with Gasteiger partial charge in [0.1, 0.15) is 5.54 Å². The van der Waals surface area contributed by atoms with Gasteiger partial charge in [0.05, 0.1) is 6.54 Å². The van der Waals surface area contributed by atoms with Crippen molar-refractivity contribution in [2.24, 2.45) is 0 Å². The average molecular weight is 169 g/mol. The van der Waals surface area contributed by atoms with Crippen LogP contribution >= 0.6 is 0 Å². The first-order chi connectivity index (χ1) is 5.42. The number of urea groups is 1. The molecular formula is C8H13N2O2. The van der Waals surface area contributed by atoms with Crippen molar-refractivity contribution in [3.63, 3.8) is 0 Å². The van der Waals surface area contributed by atoms with Gasteiger partial charge in [0.15, 0.2) is 0 Å². The van der Waals surface area contributed by atoms with Gasteiger partial charge < -0.3 is 4.90 Å². The van der Waals surface area contributed by atoms with Crippen molar-refractivity contribution in [1.29, 1.82) is 0 Å². The van der Waals surface area contributed by atoms with Crippen molar-refractivity contribution in [3.8, 4) is 0 Å². The number of hydrogen-bond acceptors (Lipinski definition) is 2. The highest BCUT2D eigenvalue weighted by Crippen LogP contribution is 2.25. The van der Waals surface area contributed by atoms with Crippen LogP contribution < -0.4 is 0 Å². The topological polar surface area (TPSA) is 40.6 Å². The summed E-state index contributed by atoms with van der Waals surface area (Å²) in [6.45, 7) is 6.63. The van der Waals surface area contributed by atoms with Crippen LogP contribution in [-0.2, 0) is 4.79 Å². The molecule has 1 aliphatic rings. The van der Waals surface area contributed by atoms with E-state index in [1.807, 2.05) is 0 Å². The van der Waals surface area contributed by atoms with Gasteiger partial charge in [-0.25, -0.2) is 4.79 Å². The molecule has 0 N–H and O–H groups in total. The molecule has 0 bridgehead atoms. The number of likely N-dealkylation sites (N-methyl/N-ethyl adjacent to an activating group) is 1. The molecule has 1 saturated heterocycles. The van der Waals surface area contributed by atoms with Crippen molar-refractivity contribution in [3.05, 3.63) is 6.54 Å². The second kappa shape index (κ2) is 2.47. The van der Waals surface area contributed by atoms with Gasteiger partial charge in [-0.1, -0.05) is 0 Å². The zero-order valence-electron chi connectivity index (χ0n) is 7.79. The Balaban J connectivity index is 3.02. The number of rotatable bonds is 1. The number of hydrogen-bond donors (Lipinski definition) is 0. The summed E-state index contributed by atoms with van der Waals surface area (Å²) in [7, 11) is 1.63. The predicted octanol–water partition coefficient (Wildman–Crippen LogP) is 0.841. The first-order valence-corrected chi connectivity index (χ1v) is 3.84. The van der Waals surface area contributed by atoms with Crippen LogP contribution in [0.4, 0.5) is 4.79 Å². The van der Waals surface area contributed by atoms with Crippen LogP contribution in [-0.4, -0.2) is 34.3 Å². The van der Waals surface area contributed by atoms with Gasteiger partial charge in [0.25, 0.3) is 5.91 Å². The van der Waals surface area contributed by atoms with Crippen LogP contribution in [0.15, 0.2) is 0 Å². The zero-order valence-corrected chi connectivity index (χ0v) is 7.79. The molecule has 0 unspecified atom stereocenters. The molecular weight excluding hydrogens is 156 g/mol.